The number of Topliss-reactive ketones (excluding diaryl/α,β-unsaturated/α-hetero) is 1. The van der Waals surface area contributed by atoms with E-state index in [4.69, 9.17) is 0 Å². The molecule has 0 radical (unpaired) electrons. The number of nitrogens with zero attached hydrogens (tertiary/aromatic N) is 1. The van der Waals surface area contributed by atoms with Crippen LogP contribution in [0.15, 0.2) is 54.6 Å². The molecule has 2 aromatic carbocycles. The van der Waals surface area contributed by atoms with Crippen molar-refractivity contribution in [1.82, 2.24) is 10.2 Å². The molecule has 2 aromatic rings. The molecule has 1 fully saturated rings. The van der Waals surface area contributed by atoms with Gasteiger partial charge in [0.25, 0.3) is 5.91 Å². The minimum atomic E-state index is -1.08. The van der Waals surface area contributed by atoms with Crippen molar-refractivity contribution in [3.63, 3.8) is 0 Å². The van der Waals surface area contributed by atoms with E-state index in [2.05, 4.69) is 5.32 Å². The second kappa shape index (κ2) is 7.07. The van der Waals surface area contributed by atoms with Crippen molar-refractivity contribution in [1.29, 1.82) is 0 Å². The fraction of sp³-hybridized carbons (Fsp3) is 0.250. The first-order chi connectivity index (χ1) is 12.4. The van der Waals surface area contributed by atoms with Crippen molar-refractivity contribution in [2.24, 2.45) is 0 Å². The molecule has 3 amide bonds. The highest BCUT2D eigenvalue weighted by atomic mass is 19.1. The maximum Gasteiger partial charge on any atom is 0.325 e. The van der Waals surface area contributed by atoms with E-state index in [0.29, 0.717) is 12.8 Å². The first kappa shape index (κ1) is 17.8. The molecule has 0 aromatic heterocycles. The Balaban J connectivity index is 1.70. The molecule has 134 valence electrons. The van der Waals surface area contributed by atoms with Gasteiger partial charge in [-0.1, -0.05) is 42.5 Å². The lowest BCUT2D eigenvalue weighted by Crippen LogP contribution is -2.44. The van der Waals surface area contributed by atoms with Crippen LogP contribution in [0, 0.1) is 5.82 Å². The standard InChI is InChI=1S/C20H19FN2O3/c1-20(12-11-14-7-3-2-4-8-14)18(25)23(19(26)22-20)13-17(24)15-9-5-6-10-16(15)21/h2-10H,11-13H2,1H3,(H,22,26)/t20-/m0/s1. The summed E-state index contributed by atoms with van der Waals surface area (Å²) in [6, 6.07) is 14.5. The Morgan fingerprint density at radius 2 is 1.73 bits per heavy atom. The average Bonchev–Trinajstić information content (AvgIpc) is 2.85. The number of carbonyl (C=O) groups excluding carboxylic acids is 3. The molecule has 26 heavy (non-hydrogen) atoms. The van der Waals surface area contributed by atoms with Gasteiger partial charge in [-0.05, 0) is 37.5 Å². The molecular formula is C20H19FN2O3. The Hall–Kier alpha value is -3.02. The first-order valence-corrected chi connectivity index (χ1v) is 8.36. The zero-order chi connectivity index (χ0) is 18.7. The molecule has 0 aliphatic carbocycles. The van der Waals surface area contributed by atoms with E-state index in [0.717, 1.165) is 10.5 Å². The molecule has 1 saturated heterocycles. The summed E-state index contributed by atoms with van der Waals surface area (Å²) in [5.41, 5.74) is -0.162. The number of hydrogen-bond donors (Lipinski definition) is 1. The SMILES string of the molecule is C[C@@]1(CCc2ccccc2)NC(=O)N(CC(=O)c2ccccc2F)C1=O. The van der Waals surface area contributed by atoms with Gasteiger partial charge in [0.2, 0.25) is 0 Å². The first-order valence-electron chi connectivity index (χ1n) is 8.36. The number of hydrogen-bond acceptors (Lipinski definition) is 3. The predicted molar refractivity (Wildman–Crippen MR) is 94.1 cm³/mol. The Morgan fingerprint density at radius 3 is 2.42 bits per heavy atom. The normalized spacial score (nSPS) is 19.5. The molecule has 0 unspecified atom stereocenters. The third-order valence-corrected chi connectivity index (χ3v) is 4.58. The van der Waals surface area contributed by atoms with Gasteiger partial charge < -0.3 is 5.32 Å². The summed E-state index contributed by atoms with van der Waals surface area (Å²) in [5, 5.41) is 2.66. The van der Waals surface area contributed by atoms with Crippen molar-refractivity contribution < 1.29 is 18.8 Å². The fourth-order valence-electron chi connectivity index (χ4n) is 3.02. The number of halogens is 1. The number of carbonyl (C=O) groups is 3. The van der Waals surface area contributed by atoms with Gasteiger partial charge in [0.15, 0.2) is 5.78 Å². The highest BCUT2D eigenvalue weighted by Crippen LogP contribution is 2.24. The topological polar surface area (TPSA) is 66.5 Å². The summed E-state index contributed by atoms with van der Waals surface area (Å²) < 4.78 is 13.7. The molecule has 5 nitrogen and oxygen atoms in total. The molecule has 0 bridgehead atoms. The highest BCUT2D eigenvalue weighted by Gasteiger charge is 2.47. The van der Waals surface area contributed by atoms with E-state index < -0.39 is 35.6 Å². The number of nitrogens with one attached hydrogen (secondary N) is 1. The maximum absolute atomic E-state index is 13.7. The van der Waals surface area contributed by atoms with Crippen molar-refractivity contribution in [3.8, 4) is 0 Å². The smallest absolute Gasteiger partial charge is 0.323 e. The van der Waals surface area contributed by atoms with Crippen LogP contribution in [-0.4, -0.2) is 34.7 Å². The number of rotatable bonds is 6. The second-order valence-corrected chi connectivity index (χ2v) is 6.54. The van der Waals surface area contributed by atoms with E-state index in [1.54, 1.807) is 6.92 Å². The fourth-order valence-corrected chi connectivity index (χ4v) is 3.02. The van der Waals surface area contributed by atoms with Crippen molar-refractivity contribution in [2.45, 2.75) is 25.3 Å². The summed E-state index contributed by atoms with van der Waals surface area (Å²) in [4.78, 5) is 38.1. The zero-order valence-corrected chi connectivity index (χ0v) is 14.4. The molecule has 1 aliphatic rings. The van der Waals surface area contributed by atoms with E-state index in [1.165, 1.54) is 24.3 Å². The molecular weight excluding hydrogens is 335 g/mol. The van der Waals surface area contributed by atoms with Gasteiger partial charge in [0, 0.05) is 0 Å². The highest BCUT2D eigenvalue weighted by molar-refractivity contribution is 6.11. The van der Waals surface area contributed by atoms with Crippen LogP contribution in [0.25, 0.3) is 0 Å². The maximum atomic E-state index is 13.7. The lowest BCUT2D eigenvalue weighted by atomic mass is 9.93. The van der Waals surface area contributed by atoms with E-state index in [1.807, 2.05) is 30.3 Å². The quantitative estimate of drug-likeness (QED) is 0.641. The Bertz CT molecular complexity index is 853. The van der Waals surface area contributed by atoms with Crippen LogP contribution >= 0.6 is 0 Å². The zero-order valence-electron chi connectivity index (χ0n) is 14.4. The van der Waals surface area contributed by atoms with Crippen LogP contribution in [-0.2, 0) is 11.2 Å². The van der Waals surface area contributed by atoms with Gasteiger partial charge in [0.05, 0.1) is 12.1 Å². The second-order valence-electron chi connectivity index (χ2n) is 6.54. The van der Waals surface area contributed by atoms with Crippen LogP contribution in [0.2, 0.25) is 0 Å². The lowest BCUT2D eigenvalue weighted by molar-refractivity contribution is -0.130. The van der Waals surface area contributed by atoms with Crippen LogP contribution in [0.4, 0.5) is 9.18 Å². The molecule has 6 heteroatoms. The van der Waals surface area contributed by atoms with Gasteiger partial charge >= 0.3 is 6.03 Å². The van der Waals surface area contributed by atoms with Crippen molar-refractivity contribution >= 4 is 17.7 Å². The van der Waals surface area contributed by atoms with Gasteiger partial charge in [-0.15, -0.1) is 0 Å². The van der Waals surface area contributed by atoms with Crippen LogP contribution in [0.5, 0.6) is 0 Å². The lowest BCUT2D eigenvalue weighted by Gasteiger charge is -2.21. The minimum absolute atomic E-state index is 0.133. The van der Waals surface area contributed by atoms with Gasteiger partial charge in [-0.3, -0.25) is 14.5 Å². The van der Waals surface area contributed by atoms with E-state index in [9.17, 15) is 18.8 Å². The number of urea groups is 1. The van der Waals surface area contributed by atoms with E-state index >= 15 is 0 Å². The number of imide groups is 1. The molecule has 1 atom stereocenters. The van der Waals surface area contributed by atoms with Crippen LogP contribution < -0.4 is 5.32 Å². The number of ketones is 1. The van der Waals surface area contributed by atoms with Gasteiger partial charge in [0.1, 0.15) is 11.4 Å². The molecule has 1 heterocycles. The monoisotopic (exact) mass is 354 g/mol. The minimum Gasteiger partial charge on any atom is -0.323 e. The third-order valence-electron chi connectivity index (χ3n) is 4.58. The Morgan fingerprint density at radius 1 is 1.08 bits per heavy atom. The molecule has 1 N–H and O–H groups in total. The third kappa shape index (κ3) is 3.49. The summed E-state index contributed by atoms with van der Waals surface area (Å²) in [7, 11) is 0. The van der Waals surface area contributed by atoms with Crippen LogP contribution in [0.3, 0.4) is 0 Å². The number of amides is 3. The van der Waals surface area contributed by atoms with Crippen molar-refractivity contribution in [2.75, 3.05) is 6.54 Å². The summed E-state index contributed by atoms with van der Waals surface area (Å²) in [5.74, 6) is -1.75. The molecule has 0 saturated carbocycles. The number of benzene rings is 2. The summed E-state index contributed by atoms with van der Waals surface area (Å²) in [6.07, 6.45) is 1.02. The largest absolute Gasteiger partial charge is 0.325 e. The van der Waals surface area contributed by atoms with Gasteiger partial charge in [-0.2, -0.15) is 0 Å². The van der Waals surface area contributed by atoms with Crippen LogP contribution in [0.1, 0.15) is 29.3 Å². The van der Waals surface area contributed by atoms with Gasteiger partial charge in [-0.25, -0.2) is 9.18 Å². The molecule has 3 rings (SSSR count). The summed E-state index contributed by atoms with van der Waals surface area (Å²) >= 11 is 0. The average molecular weight is 354 g/mol. The van der Waals surface area contributed by atoms with Crippen molar-refractivity contribution in [3.05, 3.63) is 71.5 Å². The molecule has 1 aliphatic heterocycles. The number of aryl methyl sites for hydroxylation is 1. The molecule has 0 spiro atoms. The van der Waals surface area contributed by atoms with E-state index in [-0.39, 0.29) is 5.56 Å². The summed E-state index contributed by atoms with van der Waals surface area (Å²) in [6.45, 7) is 1.16. The Labute approximate surface area is 150 Å². The Kier molecular flexibility index (Phi) is 4.84. The predicted octanol–water partition coefficient (Wildman–Crippen LogP) is 2.95.